The van der Waals surface area contributed by atoms with Gasteiger partial charge in [0.25, 0.3) is 5.91 Å². The van der Waals surface area contributed by atoms with Gasteiger partial charge in [-0.25, -0.2) is 0 Å². The summed E-state index contributed by atoms with van der Waals surface area (Å²) in [5.74, 6) is -0.728. The standard InChI is InChI=1S/C12H12F3NO3/c13-12(14,15)19-10-3-1-2-9(4-10)11(18)16-5-8(6-16)7-17/h1-4,8,17H,5-7H2. The molecule has 2 rings (SSSR count). The fraction of sp³-hybridized carbons (Fsp3) is 0.417. The Kier molecular flexibility index (Phi) is 3.66. The first-order valence-electron chi connectivity index (χ1n) is 5.65. The van der Waals surface area contributed by atoms with E-state index in [9.17, 15) is 18.0 Å². The number of likely N-dealkylation sites (tertiary alicyclic amines) is 1. The predicted molar refractivity (Wildman–Crippen MR) is 59.6 cm³/mol. The molecule has 0 aromatic heterocycles. The second kappa shape index (κ2) is 5.08. The summed E-state index contributed by atoms with van der Waals surface area (Å²) in [5, 5.41) is 8.84. The van der Waals surface area contributed by atoms with Crippen molar-refractivity contribution in [2.24, 2.45) is 5.92 Å². The van der Waals surface area contributed by atoms with E-state index in [1.807, 2.05) is 0 Å². The summed E-state index contributed by atoms with van der Waals surface area (Å²) in [7, 11) is 0. The zero-order valence-electron chi connectivity index (χ0n) is 9.85. The fourth-order valence-corrected chi connectivity index (χ4v) is 1.86. The van der Waals surface area contributed by atoms with Crippen molar-refractivity contribution in [1.82, 2.24) is 4.90 Å². The van der Waals surface area contributed by atoms with Crippen LogP contribution in [-0.4, -0.2) is 42.0 Å². The highest BCUT2D eigenvalue weighted by atomic mass is 19.4. The molecule has 19 heavy (non-hydrogen) atoms. The van der Waals surface area contributed by atoms with E-state index in [-0.39, 0.29) is 24.0 Å². The lowest BCUT2D eigenvalue weighted by Crippen LogP contribution is -2.51. The Balaban J connectivity index is 2.05. The molecule has 104 valence electrons. The van der Waals surface area contributed by atoms with Crippen LogP contribution in [0.3, 0.4) is 0 Å². The number of hydrogen-bond acceptors (Lipinski definition) is 3. The van der Waals surface area contributed by atoms with Crippen LogP contribution in [0, 0.1) is 5.92 Å². The molecule has 1 N–H and O–H groups in total. The van der Waals surface area contributed by atoms with Crippen LogP contribution in [0.2, 0.25) is 0 Å². The van der Waals surface area contributed by atoms with Crippen molar-refractivity contribution in [2.45, 2.75) is 6.36 Å². The normalized spacial score (nSPS) is 16.1. The van der Waals surface area contributed by atoms with Gasteiger partial charge < -0.3 is 14.7 Å². The van der Waals surface area contributed by atoms with Gasteiger partial charge in [-0.2, -0.15) is 0 Å². The predicted octanol–water partition coefficient (Wildman–Crippen LogP) is 1.65. The Morgan fingerprint density at radius 3 is 2.68 bits per heavy atom. The number of carbonyl (C=O) groups excluding carboxylic acids is 1. The molecule has 4 nitrogen and oxygen atoms in total. The lowest BCUT2D eigenvalue weighted by molar-refractivity contribution is -0.274. The molecule has 1 aliphatic rings. The summed E-state index contributed by atoms with van der Waals surface area (Å²) in [5.41, 5.74) is 0.137. The monoisotopic (exact) mass is 275 g/mol. The molecule has 7 heteroatoms. The van der Waals surface area contributed by atoms with Crippen LogP contribution >= 0.6 is 0 Å². The van der Waals surface area contributed by atoms with Gasteiger partial charge in [-0.1, -0.05) is 6.07 Å². The first kappa shape index (κ1) is 13.7. The lowest BCUT2D eigenvalue weighted by Gasteiger charge is -2.38. The van der Waals surface area contributed by atoms with Crippen LogP contribution in [0.15, 0.2) is 24.3 Å². The zero-order valence-corrected chi connectivity index (χ0v) is 9.85. The molecule has 1 fully saturated rings. The average Bonchev–Trinajstić information content (AvgIpc) is 2.25. The van der Waals surface area contributed by atoms with E-state index in [1.54, 1.807) is 0 Å². The lowest BCUT2D eigenvalue weighted by atomic mass is 10.00. The maximum atomic E-state index is 12.1. The van der Waals surface area contributed by atoms with Crippen LogP contribution < -0.4 is 4.74 Å². The minimum atomic E-state index is -4.78. The molecular weight excluding hydrogens is 263 g/mol. The summed E-state index contributed by atoms with van der Waals surface area (Å²) >= 11 is 0. The molecule has 1 amide bonds. The van der Waals surface area contributed by atoms with Gasteiger partial charge in [0, 0.05) is 31.2 Å². The van der Waals surface area contributed by atoms with Crippen LogP contribution in [0.5, 0.6) is 5.75 Å². The van der Waals surface area contributed by atoms with Gasteiger partial charge in [-0.3, -0.25) is 4.79 Å². The van der Waals surface area contributed by atoms with Gasteiger partial charge in [-0.05, 0) is 18.2 Å². The molecule has 1 aliphatic heterocycles. The van der Waals surface area contributed by atoms with Gasteiger partial charge in [0.2, 0.25) is 0 Å². The number of aliphatic hydroxyl groups excluding tert-OH is 1. The Morgan fingerprint density at radius 1 is 1.42 bits per heavy atom. The average molecular weight is 275 g/mol. The Labute approximate surface area is 107 Å². The van der Waals surface area contributed by atoms with Crippen molar-refractivity contribution >= 4 is 5.91 Å². The highest BCUT2D eigenvalue weighted by Gasteiger charge is 2.33. The van der Waals surface area contributed by atoms with Crippen molar-refractivity contribution in [1.29, 1.82) is 0 Å². The van der Waals surface area contributed by atoms with E-state index < -0.39 is 12.1 Å². The van der Waals surface area contributed by atoms with Crippen LogP contribution in [0.1, 0.15) is 10.4 Å². The van der Waals surface area contributed by atoms with Crippen molar-refractivity contribution in [3.05, 3.63) is 29.8 Å². The summed E-state index contributed by atoms with van der Waals surface area (Å²) in [6, 6.07) is 4.95. The maximum Gasteiger partial charge on any atom is 0.573 e. The zero-order chi connectivity index (χ0) is 14.0. The van der Waals surface area contributed by atoms with E-state index in [2.05, 4.69) is 4.74 Å². The van der Waals surface area contributed by atoms with E-state index in [0.29, 0.717) is 13.1 Å². The number of halogens is 3. The summed E-state index contributed by atoms with van der Waals surface area (Å²) in [6.45, 7) is 0.834. The van der Waals surface area contributed by atoms with Gasteiger partial charge in [0.05, 0.1) is 0 Å². The molecule has 0 spiro atoms. The topological polar surface area (TPSA) is 49.8 Å². The number of benzene rings is 1. The SMILES string of the molecule is O=C(c1cccc(OC(F)(F)F)c1)N1CC(CO)C1. The number of alkyl halides is 3. The second-order valence-corrected chi connectivity index (χ2v) is 4.33. The molecule has 0 bridgehead atoms. The molecule has 0 atom stereocenters. The van der Waals surface area contributed by atoms with Crippen LogP contribution in [0.25, 0.3) is 0 Å². The van der Waals surface area contributed by atoms with Gasteiger partial charge in [0.15, 0.2) is 0 Å². The van der Waals surface area contributed by atoms with E-state index in [0.717, 1.165) is 12.1 Å². The minimum Gasteiger partial charge on any atom is -0.406 e. The summed E-state index contributed by atoms with van der Waals surface area (Å²) < 4.78 is 39.9. The molecule has 0 saturated carbocycles. The number of nitrogens with zero attached hydrogens (tertiary/aromatic N) is 1. The quantitative estimate of drug-likeness (QED) is 0.912. The summed E-state index contributed by atoms with van der Waals surface area (Å²) in [6.07, 6.45) is -4.78. The largest absolute Gasteiger partial charge is 0.573 e. The third-order valence-electron chi connectivity index (χ3n) is 2.82. The van der Waals surface area contributed by atoms with Gasteiger partial charge >= 0.3 is 6.36 Å². The van der Waals surface area contributed by atoms with Crippen molar-refractivity contribution < 1.29 is 27.8 Å². The molecule has 0 aliphatic carbocycles. The number of aliphatic hydroxyl groups is 1. The highest BCUT2D eigenvalue weighted by molar-refractivity contribution is 5.95. The Morgan fingerprint density at radius 2 is 2.11 bits per heavy atom. The van der Waals surface area contributed by atoms with E-state index >= 15 is 0 Å². The van der Waals surface area contributed by atoms with Crippen LogP contribution in [0.4, 0.5) is 13.2 Å². The van der Waals surface area contributed by atoms with E-state index in [1.165, 1.54) is 17.0 Å². The first-order chi connectivity index (χ1) is 8.89. The molecule has 1 heterocycles. The number of rotatable bonds is 3. The number of carbonyl (C=O) groups is 1. The van der Waals surface area contributed by atoms with Gasteiger partial charge in [0.1, 0.15) is 5.75 Å². The van der Waals surface area contributed by atoms with Gasteiger partial charge in [-0.15, -0.1) is 13.2 Å². The molecule has 1 aromatic carbocycles. The fourth-order valence-electron chi connectivity index (χ4n) is 1.86. The Bertz CT molecular complexity index is 470. The smallest absolute Gasteiger partial charge is 0.406 e. The maximum absolute atomic E-state index is 12.1. The summed E-state index contributed by atoms with van der Waals surface area (Å²) in [4.78, 5) is 13.4. The Hall–Kier alpha value is -1.76. The van der Waals surface area contributed by atoms with Crippen LogP contribution in [-0.2, 0) is 0 Å². The third-order valence-corrected chi connectivity index (χ3v) is 2.82. The minimum absolute atomic E-state index is 0.000997. The molecule has 1 saturated heterocycles. The molecular formula is C12H12F3NO3. The van der Waals surface area contributed by atoms with E-state index in [4.69, 9.17) is 5.11 Å². The second-order valence-electron chi connectivity index (χ2n) is 4.33. The molecule has 1 aromatic rings. The molecule has 0 radical (unpaired) electrons. The number of ether oxygens (including phenoxy) is 1. The number of amides is 1. The highest BCUT2D eigenvalue weighted by Crippen LogP contribution is 2.25. The third kappa shape index (κ3) is 3.37. The van der Waals surface area contributed by atoms with Crippen molar-refractivity contribution in [3.8, 4) is 5.75 Å². The van der Waals surface area contributed by atoms with Crippen molar-refractivity contribution in [3.63, 3.8) is 0 Å². The first-order valence-corrected chi connectivity index (χ1v) is 5.65. The molecule has 0 unspecified atom stereocenters. The number of hydrogen-bond donors (Lipinski definition) is 1. The van der Waals surface area contributed by atoms with Crippen molar-refractivity contribution in [2.75, 3.05) is 19.7 Å².